The van der Waals surface area contributed by atoms with Gasteiger partial charge >= 0.3 is 0 Å². The molecule has 6 aromatic rings. The molecule has 7 rings (SSSR count). The van der Waals surface area contributed by atoms with E-state index in [9.17, 15) is 0 Å². The minimum atomic E-state index is 0.235. The standard InChI is InChI=1S/C34H29B/c1-20(2)27-18-28(21(3)4)29-19-31-34-25(16-14-22-15-17-26(27)33(29)32(22)34)24-12-8-9-13-30(24)35(31)23-10-6-5-7-11-23/h5-21H,1-4H3. The molecular formula is C34H29B. The Bertz CT molecular complexity index is 1740. The van der Waals surface area contributed by atoms with Gasteiger partial charge in [0.15, 0.2) is 0 Å². The molecular weight excluding hydrogens is 419 g/mol. The molecule has 1 aliphatic heterocycles. The van der Waals surface area contributed by atoms with Gasteiger partial charge in [-0.3, -0.25) is 0 Å². The first-order valence-corrected chi connectivity index (χ1v) is 13.0. The van der Waals surface area contributed by atoms with Crippen LogP contribution >= 0.6 is 0 Å². The van der Waals surface area contributed by atoms with Crippen molar-refractivity contribution in [3.63, 3.8) is 0 Å². The summed E-state index contributed by atoms with van der Waals surface area (Å²) in [6.07, 6.45) is 0. The third-order valence-electron chi connectivity index (χ3n) is 8.23. The van der Waals surface area contributed by atoms with E-state index in [4.69, 9.17) is 0 Å². The lowest BCUT2D eigenvalue weighted by molar-refractivity contribution is 0.847. The van der Waals surface area contributed by atoms with Crippen LogP contribution in [0.5, 0.6) is 0 Å². The Balaban J connectivity index is 1.75. The van der Waals surface area contributed by atoms with Crippen LogP contribution in [0.2, 0.25) is 0 Å². The smallest absolute Gasteiger partial charge is 0.0686 e. The van der Waals surface area contributed by atoms with Gasteiger partial charge in [-0.15, -0.1) is 0 Å². The highest BCUT2D eigenvalue weighted by molar-refractivity contribution is 6.98. The maximum Gasteiger partial charge on any atom is 0.242 e. The Morgan fingerprint density at radius 1 is 0.514 bits per heavy atom. The van der Waals surface area contributed by atoms with E-state index in [1.54, 1.807) is 0 Å². The first kappa shape index (κ1) is 20.8. The number of hydrogen-bond acceptors (Lipinski definition) is 0. The summed E-state index contributed by atoms with van der Waals surface area (Å²) >= 11 is 0. The Hall–Kier alpha value is -3.58. The van der Waals surface area contributed by atoms with Crippen LogP contribution in [0.15, 0.2) is 91.0 Å². The Morgan fingerprint density at radius 3 is 1.97 bits per heavy atom. The summed E-state index contributed by atoms with van der Waals surface area (Å²) < 4.78 is 0. The molecule has 0 aliphatic carbocycles. The van der Waals surface area contributed by atoms with Crippen molar-refractivity contribution in [2.45, 2.75) is 39.5 Å². The second-order valence-electron chi connectivity index (χ2n) is 10.9. The van der Waals surface area contributed by atoms with E-state index < -0.39 is 0 Å². The van der Waals surface area contributed by atoms with E-state index in [0.29, 0.717) is 11.8 Å². The van der Waals surface area contributed by atoms with Crippen molar-refractivity contribution in [3.8, 4) is 11.1 Å². The summed E-state index contributed by atoms with van der Waals surface area (Å²) in [7, 11) is 0. The Kier molecular flexibility index (Phi) is 4.43. The Labute approximate surface area is 208 Å². The SMILES string of the molecule is CC(C)c1cc(C(C)C)c2cc3c4c(ccc5ccc1c2c54)-c1ccccc1B3c1ccccc1. The predicted octanol–water partition coefficient (Wildman–Crippen LogP) is 7.33. The summed E-state index contributed by atoms with van der Waals surface area (Å²) in [6, 6.07) is 34.6. The monoisotopic (exact) mass is 448 g/mol. The van der Waals surface area contributed by atoms with Gasteiger partial charge in [0.05, 0.1) is 0 Å². The molecule has 0 amide bonds. The van der Waals surface area contributed by atoms with E-state index in [0.717, 1.165) is 0 Å². The fourth-order valence-electron chi connectivity index (χ4n) is 6.66. The van der Waals surface area contributed by atoms with Crippen molar-refractivity contribution in [1.29, 1.82) is 0 Å². The molecule has 0 nitrogen and oxygen atoms in total. The lowest BCUT2D eigenvalue weighted by Crippen LogP contribution is -2.54. The van der Waals surface area contributed by atoms with Crippen molar-refractivity contribution in [2.75, 3.05) is 0 Å². The van der Waals surface area contributed by atoms with Crippen molar-refractivity contribution in [3.05, 3.63) is 102 Å². The number of fused-ring (bicyclic) bond motifs is 2. The largest absolute Gasteiger partial charge is 0.242 e. The highest BCUT2D eigenvalue weighted by atomic mass is 14.3. The van der Waals surface area contributed by atoms with Gasteiger partial charge in [0.1, 0.15) is 0 Å². The quantitative estimate of drug-likeness (QED) is 0.196. The van der Waals surface area contributed by atoms with Crippen LogP contribution in [-0.4, -0.2) is 6.71 Å². The molecule has 168 valence electrons. The van der Waals surface area contributed by atoms with Gasteiger partial charge < -0.3 is 0 Å². The molecule has 1 heterocycles. The van der Waals surface area contributed by atoms with E-state index in [1.165, 1.54) is 71.0 Å². The lowest BCUT2D eigenvalue weighted by atomic mass is 9.33. The molecule has 0 saturated heterocycles. The number of rotatable bonds is 3. The summed E-state index contributed by atoms with van der Waals surface area (Å²) in [4.78, 5) is 0. The summed E-state index contributed by atoms with van der Waals surface area (Å²) in [6.45, 7) is 9.59. The van der Waals surface area contributed by atoms with Crippen LogP contribution in [0, 0.1) is 0 Å². The lowest BCUT2D eigenvalue weighted by Gasteiger charge is -2.30. The van der Waals surface area contributed by atoms with Crippen LogP contribution in [0.3, 0.4) is 0 Å². The Morgan fingerprint density at radius 2 is 1.20 bits per heavy atom. The fourth-order valence-corrected chi connectivity index (χ4v) is 6.66. The molecule has 6 aromatic carbocycles. The zero-order valence-electron chi connectivity index (χ0n) is 20.9. The number of hydrogen-bond donors (Lipinski definition) is 0. The minimum absolute atomic E-state index is 0.235. The maximum absolute atomic E-state index is 2.56. The van der Waals surface area contributed by atoms with E-state index >= 15 is 0 Å². The van der Waals surface area contributed by atoms with Gasteiger partial charge in [0.25, 0.3) is 0 Å². The van der Waals surface area contributed by atoms with Crippen LogP contribution in [0.4, 0.5) is 0 Å². The van der Waals surface area contributed by atoms with Crippen LogP contribution in [0.25, 0.3) is 43.4 Å². The van der Waals surface area contributed by atoms with E-state index in [-0.39, 0.29) is 6.71 Å². The highest BCUT2D eigenvalue weighted by Gasteiger charge is 2.33. The van der Waals surface area contributed by atoms with E-state index in [2.05, 4.69) is 119 Å². The van der Waals surface area contributed by atoms with Gasteiger partial charge in [-0.2, -0.15) is 0 Å². The first-order chi connectivity index (χ1) is 17.0. The maximum atomic E-state index is 2.56. The molecule has 0 atom stereocenters. The normalized spacial score (nSPS) is 13.0. The molecule has 0 saturated carbocycles. The average molecular weight is 448 g/mol. The third-order valence-corrected chi connectivity index (χ3v) is 8.23. The molecule has 0 bridgehead atoms. The molecule has 0 radical (unpaired) electrons. The number of benzene rings is 6. The molecule has 0 aromatic heterocycles. The van der Waals surface area contributed by atoms with Crippen LogP contribution in [-0.2, 0) is 0 Å². The van der Waals surface area contributed by atoms with E-state index in [1.807, 2.05) is 0 Å². The molecule has 0 N–H and O–H groups in total. The van der Waals surface area contributed by atoms with Crippen LogP contribution in [0.1, 0.15) is 50.7 Å². The fraction of sp³-hybridized carbons (Fsp3) is 0.176. The summed E-state index contributed by atoms with van der Waals surface area (Å²) in [5.74, 6) is 0.955. The van der Waals surface area contributed by atoms with Gasteiger partial charge in [-0.05, 0) is 66.4 Å². The summed E-state index contributed by atoms with van der Waals surface area (Å²) in [5.41, 5.74) is 9.94. The summed E-state index contributed by atoms with van der Waals surface area (Å²) in [5, 5.41) is 8.57. The van der Waals surface area contributed by atoms with Crippen molar-refractivity contribution < 1.29 is 0 Å². The van der Waals surface area contributed by atoms with Gasteiger partial charge in [0.2, 0.25) is 6.71 Å². The topological polar surface area (TPSA) is 0 Å². The highest BCUT2D eigenvalue weighted by Crippen LogP contribution is 2.44. The molecule has 0 fully saturated rings. The predicted molar refractivity (Wildman–Crippen MR) is 155 cm³/mol. The zero-order chi connectivity index (χ0) is 23.8. The molecule has 1 heteroatoms. The van der Waals surface area contributed by atoms with Crippen molar-refractivity contribution >= 4 is 55.4 Å². The molecule has 1 aliphatic rings. The molecule has 35 heavy (non-hydrogen) atoms. The zero-order valence-corrected chi connectivity index (χ0v) is 20.9. The minimum Gasteiger partial charge on any atom is -0.0686 e. The molecule has 0 unspecified atom stereocenters. The van der Waals surface area contributed by atoms with Gasteiger partial charge in [-0.1, -0.05) is 135 Å². The van der Waals surface area contributed by atoms with Crippen LogP contribution < -0.4 is 16.4 Å². The van der Waals surface area contributed by atoms with Crippen molar-refractivity contribution in [1.82, 2.24) is 0 Å². The third kappa shape index (κ3) is 2.82. The first-order valence-electron chi connectivity index (χ1n) is 13.0. The second kappa shape index (κ2) is 7.46. The van der Waals surface area contributed by atoms with Gasteiger partial charge in [-0.25, -0.2) is 0 Å². The average Bonchev–Trinajstić information content (AvgIpc) is 2.88. The molecule has 0 spiro atoms. The second-order valence-corrected chi connectivity index (χ2v) is 10.9. The van der Waals surface area contributed by atoms with Gasteiger partial charge in [0, 0.05) is 0 Å². The van der Waals surface area contributed by atoms with Crippen molar-refractivity contribution in [2.24, 2.45) is 0 Å².